The van der Waals surface area contributed by atoms with Crippen molar-refractivity contribution in [2.75, 3.05) is 26.7 Å². The van der Waals surface area contributed by atoms with Gasteiger partial charge in [0.2, 0.25) is 0 Å². The topological polar surface area (TPSA) is 79.4 Å². The highest BCUT2D eigenvalue weighted by Gasteiger charge is 2.26. The first-order chi connectivity index (χ1) is 18.8. The molecule has 0 bridgehead atoms. The van der Waals surface area contributed by atoms with Crippen LogP contribution in [0.2, 0.25) is 5.15 Å². The van der Waals surface area contributed by atoms with E-state index in [2.05, 4.69) is 50.6 Å². The number of hydrogen-bond acceptors (Lipinski definition) is 6. The molecule has 2 aromatic heterocycles. The molecule has 0 radical (unpaired) electrons. The first-order valence-corrected chi connectivity index (χ1v) is 13.8. The third kappa shape index (κ3) is 7.12. The average Bonchev–Trinajstić information content (AvgIpc) is 2.95. The summed E-state index contributed by atoms with van der Waals surface area (Å²) in [6, 6.07) is 13.0. The lowest BCUT2D eigenvalue weighted by molar-refractivity contribution is 0.0942. The Balaban J connectivity index is 1.29. The summed E-state index contributed by atoms with van der Waals surface area (Å²) in [7, 11) is 1.68. The fourth-order valence-corrected chi connectivity index (χ4v) is 5.53. The van der Waals surface area contributed by atoms with Crippen molar-refractivity contribution in [3.8, 4) is 5.75 Å². The molecule has 1 unspecified atom stereocenters. The molecule has 1 fully saturated rings. The minimum absolute atomic E-state index is 0.0490. The van der Waals surface area contributed by atoms with Gasteiger partial charge in [-0.1, -0.05) is 29.8 Å². The van der Waals surface area contributed by atoms with Gasteiger partial charge in [-0.15, -0.1) is 0 Å². The summed E-state index contributed by atoms with van der Waals surface area (Å²) >= 11 is 5.80. The van der Waals surface area contributed by atoms with E-state index < -0.39 is 5.82 Å². The van der Waals surface area contributed by atoms with Gasteiger partial charge >= 0.3 is 0 Å². The second kappa shape index (κ2) is 13.3. The average molecular weight is 554 g/mol. The summed E-state index contributed by atoms with van der Waals surface area (Å²) in [5.41, 5.74) is 3.23. The van der Waals surface area contributed by atoms with E-state index in [1.54, 1.807) is 27.2 Å². The highest BCUT2D eigenvalue weighted by Crippen LogP contribution is 2.27. The number of likely N-dealkylation sites (tertiary alicyclic amines) is 1. The van der Waals surface area contributed by atoms with Crippen LogP contribution >= 0.6 is 11.6 Å². The van der Waals surface area contributed by atoms with E-state index >= 15 is 0 Å². The first kappa shape index (κ1) is 28.9. The fraction of sp³-hybridized carbons (Fsp3) is 0.433. The number of hydrogen-bond donors (Lipinski definition) is 2. The maximum atomic E-state index is 14.2. The lowest BCUT2D eigenvalue weighted by Gasteiger charge is -2.38. The van der Waals surface area contributed by atoms with Crippen LogP contribution in [0.25, 0.3) is 0 Å². The van der Waals surface area contributed by atoms with Crippen molar-refractivity contribution in [2.45, 2.75) is 58.2 Å². The van der Waals surface area contributed by atoms with Gasteiger partial charge < -0.3 is 20.3 Å². The lowest BCUT2D eigenvalue weighted by atomic mass is 9.96. The molecule has 3 heterocycles. The van der Waals surface area contributed by atoms with Crippen LogP contribution in [0.5, 0.6) is 5.75 Å². The largest absolute Gasteiger partial charge is 0.497 e. The Kier molecular flexibility index (Phi) is 9.88. The number of halogens is 2. The minimum Gasteiger partial charge on any atom is -0.497 e. The predicted octanol–water partition coefficient (Wildman–Crippen LogP) is 5.25. The van der Waals surface area contributed by atoms with Gasteiger partial charge in [0.25, 0.3) is 5.91 Å². The molecule has 39 heavy (non-hydrogen) atoms. The highest BCUT2D eigenvalue weighted by atomic mass is 35.5. The zero-order chi connectivity index (χ0) is 27.9. The van der Waals surface area contributed by atoms with E-state index in [4.69, 9.17) is 16.3 Å². The second-order valence-corrected chi connectivity index (χ2v) is 10.5. The van der Waals surface area contributed by atoms with Crippen LogP contribution in [0, 0.1) is 19.7 Å². The summed E-state index contributed by atoms with van der Waals surface area (Å²) in [4.78, 5) is 23.5. The molecule has 1 aliphatic heterocycles. The number of carbonyl (C=O) groups excluding carboxylic acids is 1. The zero-order valence-electron chi connectivity index (χ0n) is 23.0. The number of nitrogens with zero attached hydrogens (tertiary/aromatic N) is 3. The van der Waals surface area contributed by atoms with E-state index in [0.717, 1.165) is 43.7 Å². The maximum Gasteiger partial charge on any atom is 0.253 e. The lowest BCUT2D eigenvalue weighted by Crippen LogP contribution is -2.47. The Morgan fingerprint density at radius 2 is 1.90 bits per heavy atom. The molecule has 0 spiro atoms. The smallest absolute Gasteiger partial charge is 0.253 e. The van der Waals surface area contributed by atoms with Gasteiger partial charge in [-0.25, -0.2) is 9.37 Å². The van der Waals surface area contributed by atoms with E-state index in [1.807, 2.05) is 24.4 Å². The molecule has 9 heteroatoms. The van der Waals surface area contributed by atoms with Crippen molar-refractivity contribution in [3.05, 3.63) is 87.7 Å². The Bertz CT molecular complexity index is 1250. The minimum atomic E-state index is -0.643. The van der Waals surface area contributed by atoms with Gasteiger partial charge in [0, 0.05) is 36.6 Å². The number of ether oxygens (including phenoxy) is 1. The van der Waals surface area contributed by atoms with Gasteiger partial charge in [0.05, 0.1) is 24.4 Å². The number of pyridine rings is 2. The first-order valence-electron chi connectivity index (χ1n) is 13.4. The number of piperidine rings is 1. The number of aromatic nitrogens is 2. The molecule has 1 amide bonds. The van der Waals surface area contributed by atoms with Gasteiger partial charge in [0.15, 0.2) is 11.0 Å². The molecule has 208 valence electrons. The Morgan fingerprint density at radius 1 is 1.18 bits per heavy atom. The van der Waals surface area contributed by atoms with Crippen molar-refractivity contribution < 1.29 is 13.9 Å². The quantitative estimate of drug-likeness (QED) is 0.334. The molecular weight excluding hydrogens is 517 g/mol. The summed E-state index contributed by atoms with van der Waals surface area (Å²) in [6.07, 6.45) is 6.57. The van der Waals surface area contributed by atoms with Crippen molar-refractivity contribution >= 4 is 17.5 Å². The van der Waals surface area contributed by atoms with Crippen LogP contribution in [-0.2, 0) is 0 Å². The number of carbonyl (C=O) groups is 1. The summed E-state index contributed by atoms with van der Waals surface area (Å²) in [6.45, 7) is 7.86. The number of benzene rings is 1. The summed E-state index contributed by atoms with van der Waals surface area (Å²) < 4.78 is 19.5. The molecule has 1 aliphatic rings. The molecule has 3 aromatic rings. The fourth-order valence-electron chi connectivity index (χ4n) is 5.26. The Labute approximate surface area is 235 Å². The van der Waals surface area contributed by atoms with Crippen LogP contribution in [0.3, 0.4) is 0 Å². The maximum absolute atomic E-state index is 14.2. The normalized spacial score (nSPS) is 16.1. The van der Waals surface area contributed by atoms with Gasteiger partial charge in [-0.05, 0) is 82.4 Å². The van der Waals surface area contributed by atoms with E-state index in [9.17, 15) is 9.18 Å². The summed E-state index contributed by atoms with van der Waals surface area (Å²) in [5.74, 6) is -0.123. The molecule has 1 aromatic carbocycles. The molecule has 1 saturated heterocycles. The van der Waals surface area contributed by atoms with Crippen molar-refractivity contribution in [1.29, 1.82) is 0 Å². The van der Waals surface area contributed by atoms with Crippen molar-refractivity contribution in [3.63, 3.8) is 0 Å². The number of aryl methyl sites for hydroxylation is 1. The van der Waals surface area contributed by atoms with Crippen molar-refractivity contribution in [2.24, 2.45) is 0 Å². The number of rotatable bonds is 10. The Hall–Kier alpha value is -3.07. The predicted molar refractivity (Wildman–Crippen MR) is 152 cm³/mol. The van der Waals surface area contributed by atoms with Gasteiger partial charge in [-0.2, -0.15) is 0 Å². The molecule has 2 N–H and O–H groups in total. The third-order valence-corrected chi connectivity index (χ3v) is 7.86. The third-order valence-electron chi connectivity index (χ3n) is 7.61. The van der Waals surface area contributed by atoms with E-state index in [1.165, 1.54) is 5.56 Å². The molecule has 2 atom stereocenters. The van der Waals surface area contributed by atoms with Crippen LogP contribution in [-0.4, -0.2) is 59.6 Å². The SMILES string of the molecule is COc1ccc(C(NC2CCN([C@H](C)CCNC(=O)c3c(C)nc(Cl)c(F)c3C)CC2)c2cccnc2)cc1. The van der Waals surface area contributed by atoms with Gasteiger partial charge in [0.1, 0.15) is 5.75 Å². The molecule has 0 saturated carbocycles. The van der Waals surface area contributed by atoms with Crippen LogP contribution in [0.4, 0.5) is 4.39 Å². The number of methoxy groups -OCH3 is 1. The van der Waals surface area contributed by atoms with Crippen LogP contribution in [0.15, 0.2) is 48.8 Å². The standard InChI is InChI=1S/C30H37ClFN5O2/c1-19(11-15-34-30(38)26-20(2)27(32)29(31)35-21(26)3)37-16-12-24(13-17-37)36-28(23-6-5-14-33-18-23)22-7-9-25(39-4)10-8-22/h5-10,14,18-19,24,28,36H,11-13,15-17H2,1-4H3,(H,34,38)/t19-,28?/m1/s1. The Morgan fingerprint density at radius 3 is 2.54 bits per heavy atom. The van der Waals surface area contributed by atoms with E-state index in [0.29, 0.717) is 24.3 Å². The molecule has 7 nitrogen and oxygen atoms in total. The van der Waals surface area contributed by atoms with Crippen molar-refractivity contribution in [1.82, 2.24) is 25.5 Å². The monoisotopic (exact) mass is 553 g/mol. The molecule has 0 aliphatic carbocycles. The zero-order valence-corrected chi connectivity index (χ0v) is 23.8. The van der Waals surface area contributed by atoms with Crippen LogP contribution < -0.4 is 15.4 Å². The summed E-state index contributed by atoms with van der Waals surface area (Å²) in [5, 5.41) is 6.60. The van der Waals surface area contributed by atoms with E-state index in [-0.39, 0.29) is 28.2 Å². The van der Waals surface area contributed by atoms with Gasteiger partial charge in [-0.3, -0.25) is 9.78 Å². The number of nitrogens with one attached hydrogen (secondary N) is 2. The highest BCUT2D eigenvalue weighted by molar-refractivity contribution is 6.29. The van der Waals surface area contributed by atoms with Crippen LogP contribution in [0.1, 0.15) is 65.0 Å². The molecule has 4 rings (SSSR count). The number of amides is 1. The second-order valence-electron chi connectivity index (χ2n) is 10.2. The molecular formula is C30H37ClFN5O2.